The van der Waals surface area contributed by atoms with Gasteiger partial charge in [-0.2, -0.15) is 0 Å². The molecule has 0 atom stereocenters. The topological polar surface area (TPSA) is 154 Å². The fourth-order valence-corrected chi connectivity index (χ4v) is 9.05. The third kappa shape index (κ3) is 8.17. The molecule has 338 valence electrons. The fraction of sp³-hybridized carbons (Fsp3) is 0.143. The second-order valence-electron chi connectivity index (χ2n) is 17.5. The zero-order valence-corrected chi connectivity index (χ0v) is 37.3. The number of carbonyl (C=O) groups excluding carboxylic acids is 1. The number of carbonyl (C=O) groups is 4. The standard InChI is InChI=1S/C28H23N2O4.C27H20N2O4.CH4/c1-18-4-6-20(7-5-18)25-14-22(19-8-11-23(12-9-19)34-17-31)15-26-24-13-10-21(27(32)33)16-29(24)28(2,3)30(25)26;1-27(2)28-15-21(17-3-7-19(8-4-17)25(30)31)11-13-23(28)24-14-12-22(16-29(24)27)18-5-9-20(10-6-18)26(32)33;/h4-17H,1-3H3;3-16H,1-2H3;1H4/q+1;;/p+3. The Bertz CT molecular complexity index is 3200. The summed E-state index contributed by atoms with van der Waals surface area (Å²) >= 11 is 0. The maximum absolute atomic E-state index is 11.7. The average molecular weight is 907 g/mol. The van der Waals surface area contributed by atoms with Gasteiger partial charge in [-0.3, -0.25) is 4.79 Å². The van der Waals surface area contributed by atoms with Crippen molar-refractivity contribution in [1.82, 2.24) is 0 Å². The van der Waals surface area contributed by atoms with Crippen molar-refractivity contribution in [3.8, 4) is 73.2 Å². The fourth-order valence-electron chi connectivity index (χ4n) is 9.05. The van der Waals surface area contributed by atoms with Crippen molar-refractivity contribution in [2.45, 2.75) is 53.4 Å². The minimum atomic E-state index is -0.955. The highest BCUT2D eigenvalue weighted by Crippen LogP contribution is 2.35. The number of aromatic carboxylic acids is 3. The third-order valence-corrected chi connectivity index (χ3v) is 12.6. The molecule has 0 unspecified atom stereocenters. The number of hydrogen-bond donors (Lipinski definition) is 3. The van der Waals surface area contributed by atoms with Crippen molar-refractivity contribution in [2.24, 2.45) is 0 Å². The summed E-state index contributed by atoms with van der Waals surface area (Å²) in [5, 5.41) is 27.9. The van der Waals surface area contributed by atoms with Gasteiger partial charge in [0.25, 0.3) is 29.2 Å². The summed E-state index contributed by atoms with van der Waals surface area (Å²) in [6.07, 6.45) is 5.90. The van der Waals surface area contributed by atoms with E-state index in [0.29, 0.717) is 12.2 Å². The van der Waals surface area contributed by atoms with Crippen LogP contribution in [0.25, 0.3) is 67.4 Å². The van der Waals surface area contributed by atoms with Crippen molar-refractivity contribution < 1.29 is 57.5 Å². The second-order valence-corrected chi connectivity index (χ2v) is 17.5. The number of rotatable bonds is 9. The van der Waals surface area contributed by atoms with E-state index in [1.54, 1.807) is 48.7 Å². The van der Waals surface area contributed by atoms with Gasteiger partial charge in [-0.25, -0.2) is 14.4 Å². The zero-order chi connectivity index (χ0) is 47.4. The summed E-state index contributed by atoms with van der Waals surface area (Å²) in [5.41, 5.74) is 13.1. The normalized spacial score (nSPS) is 13.0. The number of hydrogen-bond acceptors (Lipinski definition) is 5. The van der Waals surface area contributed by atoms with Crippen molar-refractivity contribution in [1.29, 1.82) is 0 Å². The van der Waals surface area contributed by atoms with Crippen LogP contribution in [0.3, 0.4) is 0 Å². The maximum atomic E-state index is 11.7. The Morgan fingerprint density at radius 3 is 1.31 bits per heavy atom. The van der Waals surface area contributed by atoms with E-state index in [4.69, 9.17) is 14.9 Å². The van der Waals surface area contributed by atoms with Crippen LogP contribution in [-0.2, 0) is 16.1 Å². The molecular formula is C56H50N4O8+4. The summed E-state index contributed by atoms with van der Waals surface area (Å²) in [6, 6.07) is 45.6. The van der Waals surface area contributed by atoms with E-state index in [-0.39, 0.29) is 29.8 Å². The van der Waals surface area contributed by atoms with Gasteiger partial charge in [0.2, 0.25) is 5.69 Å². The molecule has 0 saturated heterocycles. The van der Waals surface area contributed by atoms with Crippen LogP contribution in [0.1, 0.15) is 71.8 Å². The molecule has 0 bridgehead atoms. The molecular weight excluding hydrogens is 857 g/mol. The summed E-state index contributed by atoms with van der Waals surface area (Å²) in [4.78, 5) is 44.6. The lowest BCUT2D eigenvalue weighted by Crippen LogP contribution is -2.66. The van der Waals surface area contributed by atoms with E-state index in [9.17, 15) is 24.3 Å². The van der Waals surface area contributed by atoms with Crippen LogP contribution < -0.4 is 23.0 Å². The van der Waals surface area contributed by atoms with Crippen LogP contribution in [0.15, 0.2) is 164 Å². The molecule has 8 aromatic rings. The predicted molar refractivity (Wildman–Crippen MR) is 255 cm³/mol. The molecule has 4 aromatic heterocycles. The van der Waals surface area contributed by atoms with Crippen LogP contribution in [0.2, 0.25) is 0 Å². The lowest BCUT2D eigenvalue weighted by molar-refractivity contribution is -0.954. The number of carboxylic acids is 3. The Balaban J connectivity index is 0.000000181. The van der Waals surface area contributed by atoms with Gasteiger partial charge in [-0.15, -0.1) is 18.3 Å². The van der Waals surface area contributed by atoms with Gasteiger partial charge in [-0.1, -0.05) is 61.5 Å². The largest absolute Gasteiger partial charge is 0.478 e. The molecule has 0 amide bonds. The first-order valence-electron chi connectivity index (χ1n) is 21.5. The van der Waals surface area contributed by atoms with E-state index in [1.807, 2.05) is 59.2 Å². The molecule has 0 spiro atoms. The molecule has 0 fully saturated rings. The molecule has 0 saturated carbocycles. The first-order valence-corrected chi connectivity index (χ1v) is 21.5. The van der Waals surface area contributed by atoms with E-state index < -0.39 is 23.6 Å². The molecule has 10 rings (SSSR count). The predicted octanol–water partition coefficient (Wildman–Crippen LogP) is 9.21. The smallest absolute Gasteiger partial charge is 0.356 e. The molecule has 2 aliphatic rings. The number of ether oxygens (including phenoxy) is 1. The van der Waals surface area contributed by atoms with Crippen LogP contribution in [0.4, 0.5) is 0 Å². The lowest BCUT2D eigenvalue weighted by atomic mass is 9.99. The van der Waals surface area contributed by atoms with Crippen molar-refractivity contribution in [3.05, 3.63) is 186 Å². The van der Waals surface area contributed by atoms with Crippen LogP contribution in [-0.4, -0.2) is 39.7 Å². The van der Waals surface area contributed by atoms with Gasteiger partial charge in [0.05, 0.1) is 38.8 Å². The van der Waals surface area contributed by atoms with Gasteiger partial charge in [-0.05, 0) is 95.9 Å². The zero-order valence-electron chi connectivity index (χ0n) is 37.3. The van der Waals surface area contributed by atoms with E-state index in [0.717, 1.165) is 67.4 Å². The SMILES string of the molecule is C.CC1(C)[n+]2cc(-c3ccc(C(=O)O)cc3)ccc2-c2ccc(-c3ccc(C(=O)O)cc3)c[n+]21.Cc1ccc(-c2cc(-c3ccc(OC=O)cc3)cc3[n+]2C(C)(C)[n+]2cc(C(=O)O)ccc2-3)cc1. The summed E-state index contributed by atoms with van der Waals surface area (Å²) in [5.74, 6) is -2.35. The maximum Gasteiger partial charge on any atom is 0.356 e. The molecule has 68 heavy (non-hydrogen) atoms. The number of benzene rings is 4. The Kier molecular flexibility index (Phi) is 11.9. The molecule has 0 aliphatic carbocycles. The highest BCUT2D eigenvalue weighted by Gasteiger charge is 2.54. The Morgan fingerprint density at radius 2 is 0.824 bits per heavy atom. The number of nitrogens with zero attached hydrogens (tertiary/aromatic N) is 4. The molecule has 12 nitrogen and oxygen atoms in total. The van der Waals surface area contributed by atoms with Gasteiger partial charge in [0.1, 0.15) is 11.3 Å². The first kappa shape index (κ1) is 45.9. The Morgan fingerprint density at radius 1 is 0.441 bits per heavy atom. The van der Waals surface area contributed by atoms with Crippen LogP contribution >= 0.6 is 0 Å². The lowest BCUT2D eigenvalue weighted by Gasteiger charge is -2.14. The van der Waals surface area contributed by atoms with Crippen molar-refractivity contribution in [2.75, 3.05) is 0 Å². The first-order chi connectivity index (χ1) is 32.0. The molecule has 12 heteroatoms. The molecule has 2 aliphatic heterocycles. The molecule has 3 N–H and O–H groups in total. The van der Waals surface area contributed by atoms with E-state index in [2.05, 4.69) is 109 Å². The van der Waals surface area contributed by atoms with Gasteiger partial charge < -0.3 is 20.1 Å². The molecule has 6 heterocycles. The summed E-state index contributed by atoms with van der Waals surface area (Å²) in [7, 11) is 0. The quantitative estimate of drug-likeness (QED) is 0.0958. The Labute approximate surface area is 393 Å². The van der Waals surface area contributed by atoms with Crippen molar-refractivity contribution >= 4 is 24.4 Å². The number of aryl methyl sites for hydroxylation is 1. The van der Waals surface area contributed by atoms with Gasteiger partial charge >= 0.3 is 29.2 Å². The number of pyridine rings is 4. The highest BCUT2D eigenvalue weighted by molar-refractivity contribution is 5.89. The van der Waals surface area contributed by atoms with Crippen LogP contribution in [0.5, 0.6) is 5.75 Å². The third-order valence-electron chi connectivity index (χ3n) is 12.6. The number of fused-ring (bicyclic) bond motifs is 6. The van der Waals surface area contributed by atoms with E-state index >= 15 is 0 Å². The highest BCUT2D eigenvalue weighted by atomic mass is 16.5. The minimum absolute atomic E-state index is 0. The summed E-state index contributed by atoms with van der Waals surface area (Å²) < 4.78 is 13.7. The minimum Gasteiger partial charge on any atom is -0.478 e. The van der Waals surface area contributed by atoms with E-state index in [1.165, 1.54) is 5.56 Å². The summed E-state index contributed by atoms with van der Waals surface area (Å²) in [6.45, 7) is 10.9. The van der Waals surface area contributed by atoms with Gasteiger partial charge in [0.15, 0.2) is 18.6 Å². The Hall–Kier alpha value is -8.64. The monoisotopic (exact) mass is 906 g/mol. The van der Waals surface area contributed by atoms with Crippen LogP contribution in [0, 0.1) is 6.92 Å². The number of aromatic nitrogens is 4. The average Bonchev–Trinajstić information content (AvgIpc) is 3.70. The van der Waals surface area contributed by atoms with Gasteiger partial charge in [0, 0.05) is 47.0 Å². The molecule has 4 aromatic carbocycles. The second kappa shape index (κ2) is 17.6. The molecule has 0 radical (unpaired) electrons. The van der Waals surface area contributed by atoms with Crippen molar-refractivity contribution in [3.63, 3.8) is 0 Å². The number of carboxylic acid groups (broad SMARTS) is 3.